The highest BCUT2D eigenvalue weighted by Crippen LogP contribution is 2.10. The second-order valence-electron chi connectivity index (χ2n) is 6.62. The van der Waals surface area contributed by atoms with E-state index in [2.05, 4.69) is 46.6 Å². The third-order valence-corrected chi connectivity index (χ3v) is 4.23. The molecule has 0 aliphatic heterocycles. The number of aromatic nitrogens is 3. The lowest BCUT2D eigenvalue weighted by Crippen LogP contribution is -2.40. The highest BCUT2D eigenvalue weighted by atomic mass is 127. The van der Waals surface area contributed by atoms with E-state index in [9.17, 15) is 0 Å². The average molecular weight is 480 g/mol. The van der Waals surface area contributed by atoms with E-state index in [0.29, 0.717) is 12.5 Å². The molecule has 0 saturated heterocycles. The van der Waals surface area contributed by atoms with Gasteiger partial charge in [-0.15, -0.1) is 34.2 Å². The predicted octanol–water partition coefficient (Wildman–Crippen LogP) is 3.03. The summed E-state index contributed by atoms with van der Waals surface area (Å²) in [4.78, 5) is 4.66. The van der Waals surface area contributed by atoms with Crippen LogP contribution in [0.1, 0.15) is 58.6 Å². The smallest absolute Gasteiger partial charge is 0.191 e. The van der Waals surface area contributed by atoms with Gasteiger partial charge >= 0.3 is 0 Å². The maximum Gasteiger partial charge on any atom is 0.191 e. The first-order valence-corrected chi connectivity index (χ1v) is 9.48. The summed E-state index contributed by atoms with van der Waals surface area (Å²) >= 11 is 0. The average Bonchev–Trinajstić information content (AvgIpc) is 2.90. The molecule has 0 bridgehead atoms. The molecule has 0 spiro atoms. The molecule has 0 aliphatic carbocycles. The summed E-state index contributed by atoms with van der Waals surface area (Å²) in [5, 5.41) is 15.1. The van der Waals surface area contributed by atoms with Crippen LogP contribution in [-0.4, -0.2) is 46.5 Å². The Morgan fingerprint density at radius 3 is 2.42 bits per heavy atom. The van der Waals surface area contributed by atoms with Crippen molar-refractivity contribution in [1.82, 2.24) is 25.4 Å². The molecule has 1 aromatic rings. The SMILES string of the molecule is CCCCNC(=NCc1nnc(C)n1C)NCCC(OCC)C(C)C.I. The van der Waals surface area contributed by atoms with E-state index in [-0.39, 0.29) is 30.1 Å². The molecule has 0 amide bonds. The maximum atomic E-state index is 5.81. The summed E-state index contributed by atoms with van der Waals surface area (Å²) in [6, 6.07) is 0. The van der Waals surface area contributed by atoms with E-state index in [0.717, 1.165) is 56.6 Å². The molecule has 8 heteroatoms. The fourth-order valence-electron chi connectivity index (χ4n) is 2.45. The number of hydrogen-bond donors (Lipinski definition) is 2. The van der Waals surface area contributed by atoms with Crippen LogP contribution in [0.2, 0.25) is 0 Å². The van der Waals surface area contributed by atoms with Gasteiger partial charge < -0.3 is 19.9 Å². The van der Waals surface area contributed by atoms with Crippen molar-refractivity contribution < 1.29 is 4.74 Å². The number of rotatable bonds is 11. The van der Waals surface area contributed by atoms with Crippen LogP contribution in [0.15, 0.2) is 4.99 Å². The van der Waals surface area contributed by atoms with Crippen LogP contribution in [0.25, 0.3) is 0 Å². The Morgan fingerprint density at radius 1 is 1.19 bits per heavy atom. The second kappa shape index (κ2) is 14.2. The molecule has 1 aromatic heterocycles. The van der Waals surface area contributed by atoms with Crippen molar-refractivity contribution in [2.45, 2.75) is 66.5 Å². The van der Waals surface area contributed by atoms with Crippen LogP contribution in [-0.2, 0) is 18.3 Å². The number of aryl methyl sites for hydroxylation is 1. The van der Waals surface area contributed by atoms with Crippen LogP contribution >= 0.6 is 24.0 Å². The van der Waals surface area contributed by atoms with Gasteiger partial charge in [-0.25, -0.2) is 4.99 Å². The molecule has 1 heterocycles. The molecule has 2 N–H and O–H groups in total. The van der Waals surface area contributed by atoms with Crippen molar-refractivity contribution >= 4 is 29.9 Å². The molecule has 7 nitrogen and oxygen atoms in total. The lowest BCUT2D eigenvalue weighted by molar-refractivity contribution is 0.0258. The Labute approximate surface area is 175 Å². The second-order valence-corrected chi connectivity index (χ2v) is 6.62. The van der Waals surface area contributed by atoms with Gasteiger partial charge in [-0.3, -0.25) is 0 Å². The van der Waals surface area contributed by atoms with Crippen molar-refractivity contribution in [2.24, 2.45) is 18.0 Å². The number of unbranched alkanes of at least 4 members (excludes halogenated alkanes) is 1. The van der Waals surface area contributed by atoms with Crippen molar-refractivity contribution in [2.75, 3.05) is 19.7 Å². The largest absolute Gasteiger partial charge is 0.378 e. The van der Waals surface area contributed by atoms with Gasteiger partial charge in [-0.2, -0.15) is 0 Å². The summed E-state index contributed by atoms with van der Waals surface area (Å²) in [6.07, 6.45) is 3.51. The Bertz CT molecular complexity index is 518. The summed E-state index contributed by atoms with van der Waals surface area (Å²) in [7, 11) is 1.97. The highest BCUT2D eigenvalue weighted by molar-refractivity contribution is 14.0. The van der Waals surface area contributed by atoms with Gasteiger partial charge in [-0.1, -0.05) is 27.2 Å². The van der Waals surface area contributed by atoms with Gasteiger partial charge in [-0.05, 0) is 32.6 Å². The zero-order valence-electron chi connectivity index (χ0n) is 17.2. The minimum atomic E-state index is 0. The Kier molecular flexibility index (Phi) is 13.7. The molecule has 26 heavy (non-hydrogen) atoms. The number of ether oxygens (including phenoxy) is 1. The Balaban J connectivity index is 0.00000625. The predicted molar refractivity (Wildman–Crippen MR) is 118 cm³/mol. The number of nitrogens with one attached hydrogen (secondary N) is 2. The normalized spacial score (nSPS) is 12.8. The zero-order valence-corrected chi connectivity index (χ0v) is 19.5. The van der Waals surface area contributed by atoms with Crippen LogP contribution < -0.4 is 10.6 Å². The van der Waals surface area contributed by atoms with Crippen molar-refractivity contribution in [3.63, 3.8) is 0 Å². The molecular weight excluding hydrogens is 443 g/mol. The van der Waals surface area contributed by atoms with Gasteiger partial charge in [0.1, 0.15) is 12.4 Å². The number of guanidine groups is 1. The van der Waals surface area contributed by atoms with Crippen molar-refractivity contribution in [1.29, 1.82) is 0 Å². The Hall–Kier alpha value is -0.900. The van der Waals surface area contributed by atoms with Gasteiger partial charge in [0.05, 0.1) is 6.10 Å². The summed E-state index contributed by atoms with van der Waals surface area (Å²) < 4.78 is 7.78. The monoisotopic (exact) mass is 480 g/mol. The lowest BCUT2D eigenvalue weighted by Gasteiger charge is -2.21. The first kappa shape index (κ1) is 25.1. The van der Waals surface area contributed by atoms with Crippen LogP contribution in [0.3, 0.4) is 0 Å². The van der Waals surface area contributed by atoms with Crippen LogP contribution in [0.5, 0.6) is 0 Å². The molecule has 0 fully saturated rings. The third-order valence-electron chi connectivity index (χ3n) is 4.23. The molecule has 152 valence electrons. The van der Waals surface area contributed by atoms with E-state index in [1.54, 1.807) is 0 Å². The standard InChI is InChI=1S/C18H36N6O.HI/c1-7-9-11-19-18(20-12-10-16(14(3)4)25-8-2)21-13-17-23-22-15(5)24(17)6;/h14,16H,7-13H2,1-6H3,(H2,19,20,21);1H. The molecule has 1 unspecified atom stereocenters. The molecule has 0 aliphatic rings. The molecular formula is C18H37IN6O. The minimum Gasteiger partial charge on any atom is -0.378 e. The molecule has 0 saturated carbocycles. The summed E-state index contributed by atoms with van der Waals surface area (Å²) in [6.45, 7) is 13.6. The van der Waals surface area contributed by atoms with Gasteiger partial charge in [0, 0.05) is 26.7 Å². The molecule has 0 aromatic carbocycles. The summed E-state index contributed by atoms with van der Waals surface area (Å²) in [5.74, 6) is 3.10. The van der Waals surface area contributed by atoms with E-state index in [4.69, 9.17) is 4.74 Å². The fraction of sp³-hybridized carbons (Fsp3) is 0.833. The topological polar surface area (TPSA) is 76.4 Å². The highest BCUT2D eigenvalue weighted by Gasteiger charge is 2.13. The number of hydrogen-bond acceptors (Lipinski definition) is 4. The maximum absolute atomic E-state index is 5.81. The lowest BCUT2D eigenvalue weighted by atomic mass is 10.0. The molecule has 0 radical (unpaired) electrons. The van der Waals surface area contributed by atoms with Gasteiger partial charge in [0.15, 0.2) is 11.8 Å². The van der Waals surface area contributed by atoms with Gasteiger partial charge in [0.2, 0.25) is 0 Å². The third kappa shape index (κ3) is 9.16. The van der Waals surface area contributed by atoms with E-state index in [1.807, 2.05) is 25.5 Å². The number of aliphatic imine (C=N–C) groups is 1. The van der Waals surface area contributed by atoms with Gasteiger partial charge in [0.25, 0.3) is 0 Å². The first-order valence-electron chi connectivity index (χ1n) is 9.48. The van der Waals surface area contributed by atoms with Crippen molar-refractivity contribution in [3.8, 4) is 0 Å². The van der Waals surface area contributed by atoms with Crippen molar-refractivity contribution in [3.05, 3.63) is 11.6 Å². The number of halogens is 1. The van der Waals surface area contributed by atoms with Crippen LogP contribution in [0.4, 0.5) is 0 Å². The van der Waals surface area contributed by atoms with Crippen LogP contribution in [0, 0.1) is 12.8 Å². The summed E-state index contributed by atoms with van der Waals surface area (Å²) in [5.41, 5.74) is 0. The number of nitrogens with zero attached hydrogens (tertiary/aromatic N) is 4. The zero-order chi connectivity index (χ0) is 18.7. The van der Waals surface area contributed by atoms with E-state index >= 15 is 0 Å². The van der Waals surface area contributed by atoms with E-state index < -0.39 is 0 Å². The molecule has 1 atom stereocenters. The first-order chi connectivity index (χ1) is 12.0. The van der Waals surface area contributed by atoms with E-state index in [1.165, 1.54) is 0 Å². The molecule has 1 rings (SSSR count). The fourth-order valence-corrected chi connectivity index (χ4v) is 2.45. The minimum absolute atomic E-state index is 0. The Morgan fingerprint density at radius 2 is 1.88 bits per heavy atom. The quantitative estimate of drug-likeness (QED) is 0.221.